The number of hydrogen-bond donors (Lipinski definition) is 2. The third kappa shape index (κ3) is 4.46. The Balaban J connectivity index is 1.38. The molecular weight excluding hydrogens is 402 g/mol. The van der Waals surface area contributed by atoms with Gasteiger partial charge in [-0.2, -0.15) is 0 Å². The molecule has 1 aliphatic heterocycles. The summed E-state index contributed by atoms with van der Waals surface area (Å²) in [4.78, 5) is 36.1. The van der Waals surface area contributed by atoms with Gasteiger partial charge < -0.3 is 15.1 Å². The van der Waals surface area contributed by atoms with Crippen LogP contribution >= 0.6 is 11.6 Å². The first-order valence-electron chi connectivity index (χ1n) is 9.77. The summed E-state index contributed by atoms with van der Waals surface area (Å²) in [6.07, 6.45) is 1.34. The second-order valence-electron chi connectivity index (χ2n) is 7.04. The van der Waals surface area contributed by atoms with Crippen molar-refractivity contribution in [3.05, 3.63) is 87.3 Å². The molecule has 30 heavy (non-hydrogen) atoms. The number of benzene rings is 2. The van der Waals surface area contributed by atoms with Crippen molar-refractivity contribution in [3.63, 3.8) is 0 Å². The van der Waals surface area contributed by atoms with Crippen molar-refractivity contribution in [2.75, 3.05) is 36.0 Å². The molecular formula is C22H22ClN5O2. The van der Waals surface area contributed by atoms with Crippen molar-refractivity contribution in [3.8, 4) is 0 Å². The number of hydrogen-bond acceptors (Lipinski definition) is 5. The highest BCUT2D eigenvalue weighted by atomic mass is 35.5. The van der Waals surface area contributed by atoms with E-state index in [1.165, 1.54) is 6.20 Å². The maximum atomic E-state index is 12.5. The molecule has 1 aromatic heterocycles. The van der Waals surface area contributed by atoms with Crippen molar-refractivity contribution in [1.82, 2.24) is 15.3 Å². The van der Waals surface area contributed by atoms with E-state index < -0.39 is 11.5 Å². The van der Waals surface area contributed by atoms with Gasteiger partial charge in [-0.1, -0.05) is 54.1 Å². The van der Waals surface area contributed by atoms with E-state index in [-0.39, 0.29) is 5.56 Å². The normalized spacial score (nSPS) is 13.9. The summed E-state index contributed by atoms with van der Waals surface area (Å²) in [5.74, 6) is 0.0288. The van der Waals surface area contributed by atoms with Crippen molar-refractivity contribution in [1.29, 1.82) is 0 Å². The van der Waals surface area contributed by atoms with E-state index in [4.69, 9.17) is 11.6 Å². The number of H-pyrrole nitrogens is 1. The van der Waals surface area contributed by atoms with Gasteiger partial charge in [0, 0.05) is 38.9 Å². The van der Waals surface area contributed by atoms with Gasteiger partial charge in [-0.3, -0.25) is 14.6 Å². The molecule has 3 aromatic rings. The molecule has 8 heteroatoms. The number of anilines is 2. The minimum Gasteiger partial charge on any atom is -0.367 e. The highest BCUT2D eigenvalue weighted by Gasteiger charge is 2.21. The molecule has 0 radical (unpaired) electrons. The third-order valence-electron chi connectivity index (χ3n) is 5.10. The Labute approximate surface area is 179 Å². The number of nitrogens with one attached hydrogen (secondary N) is 2. The molecule has 2 N–H and O–H groups in total. The van der Waals surface area contributed by atoms with Crippen LogP contribution in [0.4, 0.5) is 11.6 Å². The van der Waals surface area contributed by atoms with Gasteiger partial charge in [0.2, 0.25) is 5.95 Å². The van der Waals surface area contributed by atoms with Crippen LogP contribution in [0.5, 0.6) is 0 Å². The second-order valence-corrected chi connectivity index (χ2v) is 7.45. The maximum Gasteiger partial charge on any atom is 0.265 e. The highest BCUT2D eigenvalue weighted by Crippen LogP contribution is 2.26. The molecule has 4 rings (SSSR count). The van der Waals surface area contributed by atoms with Gasteiger partial charge in [0.1, 0.15) is 5.56 Å². The van der Waals surface area contributed by atoms with Gasteiger partial charge in [-0.15, -0.1) is 0 Å². The molecule has 154 valence electrons. The summed E-state index contributed by atoms with van der Waals surface area (Å²) in [5.41, 5.74) is 1.53. The highest BCUT2D eigenvalue weighted by molar-refractivity contribution is 6.33. The van der Waals surface area contributed by atoms with E-state index in [2.05, 4.69) is 20.2 Å². The van der Waals surface area contributed by atoms with Gasteiger partial charge in [-0.05, 0) is 17.7 Å². The van der Waals surface area contributed by atoms with E-state index in [1.54, 1.807) is 0 Å². The molecule has 1 saturated heterocycles. The van der Waals surface area contributed by atoms with Gasteiger partial charge in [-0.25, -0.2) is 4.98 Å². The zero-order valence-electron chi connectivity index (χ0n) is 16.3. The molecule has 0 bridgehead atoms. The number of carbonyl (C=O) groups is 1. The minimum absolute atomic E-state index is 0.00406. The van der Waals surface area contributed by atoms with Gasteiger partial charge in [0.25, 0.3) is 11.5 Å². The number of para-hydroxylation sites is 1. The lowest BCUT2D eigenvalue weighted by Gasteiger charge is -2.36. The standard InChI is InChI=1S/C22H22ClN5O2/c23-18-8-4-5-9-19(18)27-10-12-28(13-11-27)22-25-15-17(21(30)26-22)20(29)24-14-16-6-2-1-3-7-16/h1-9,15H,10-14H2,(H,24,29)(H,25,26,30). The number of aromatic nitrogens is 2. The fourth-order valence-corrected chi connectivity index (χ4v) is 3.70. The summed E-state index contributed by atoms with van der Waals surface area (Å²) in [5, 5.41) is 3.48. The van der Waals surface area contributed by atoms with Crippen LogP contribution < -0.4 is 20.7 Å². The van der Waals surface area contributed by atoms with E-state index in [0.29, 0.717) is 25.6 Å². The molecule has 1 fully saturated rings. The van der Waals surface area contributed by atoms with Crippen LogP contribution in [0.2, 0.25) is 5.02 Å². The van der Waals surface area contributed by atoms with Gasteiger partial charge in [0.05, 0.1) is 10.7 Å². The van der Waals surface area contributed by atoms with E-state index >= 15 is 0 Å². The van der Waals surface area contributed by atoms with Crippen molar-refractivity contribution in [2.45, 2.75) is 6.54 Å². The zero-order chi connectivity index (χ0) is 20.9. The lowest BCUT2D eigenvalue weighted by Crippen LogP contribution is -2.47. The molecule has 1 aliphatic rings. The minimum atomic E-state index is -0.445. The maximum absolute atomic E-state index is 12.5. The zero-order valence-corrected chi connectivity index (χ0v) is 17.1. The Morgan fingerprint density at radius 3 is 2.37 bits per heavy atom. The quantitative estimate of drug-likeness (QED) is 0.659. The van der Waals surface area contributed by atoms with Crippen molar-refractivity contribution in [2.24, 2.45) is 0 Å². The summed E-state index contributed by atoms with van der Waals surface area (Å²) >= 11 is 6.29. The summed E-state index contributed by atoms with van der Waals surface area (Å²) in [6, 6.07) is 17.3. The number of amides is 1. The van der Waals surface area contributed by atoms with Gasteiger partial charge in [0.15, 0.2) is 0 Å². The number of nitrogens with zero attached hydrogens (tertiary/aromatic N) is 3. The molecule has 0 aliphatic carbocycles. The second kappa shape index (κ2) is 9.00. The fourth-order valence-electron chi connectivity index (χ4n) is 3.45. The number of carbonyl (C=O) groups excluding carboxylic acids is 1. The molecule has 0 saturated carbocycles. The van der Waals surface area contributed by atoms with E-state index in [1.807, 2.05) is 59.5 Å². The average molecular weight is 424 g/mol. The Hall–Kier alpha value is -3.32. The molecule has 2 aromatic carbocycles. The number of rotatable bonds is 5. The Morgan fingerprint density at radius 2 is 1.67 bits per heavy atom. The Morgan fingerprint density at radius 1 is 1.00 bits per heavy atom. The smallest absolute Gasteiger partial charge is 0.265 e. The topological polar surface area (TPSA) is 81.3 Å². The third-order valence-corrected chi connectivity index (χ3v) is 5.42. The van der Waals surface area contributed by atoms with Crippen molar-refractivity contribution < 1.29 is 4.79 Å². The van der Waals surface area contributed by atoms with Crippen LogP contribution in [0, 0.1) is 0 Å². The fraction of sp³-hybridized carbons (Fsp3) is 0.227. The average Bonchev–Trinajstić information content (AvgIpc) is 2.78. The Bertz CT molecular complexity index is 1080. The lowest BCUT2D eigenvalue weighted by molar-refractivity contribution is 0.0949. The van der Waals surface area contributed by atoms with Crippen LogP contribution in [0.1, 0.15) is 15.9 Å². The molecule has 2 heterocycles. The summed E-state index contributed by atoms with van der Waals surface area (Å²) in [6.45, 7) is 3.24. The molecule has 0 spiro atoms. The van der Waals surface area contributed by atoms with Crippen LogP contribution in [0.3, 0.4) is 0 Å². The SMILES string of the molecule is O=C(NCc1ccccc1)c1cnc(N2CCN(c3ccccc3Cl)CC2)[nH]c1=O. The first-order valence-corrected chi connectivity index (χ1v) is 10.2. The largest absolute Gasteiger partial charge is 0.367 e. The van der Waals surface area contributed by atoms with E-state index in [9.17, 15) is 9.59 Å². The molecule has 7 nitrogen and oxygen atoms in total. The lowest BCUT2D eigenvalue weighted by atomic mass is 10.2. The molecule has 0 atom stereocenters. The predicted molar refractivity (Wildman–Crippen MR) is 118 cm³/mol. The van der Waals surface area contributed by atoms with Crippen LogP contribution in [-0.2, 0) is 6.54 Å². The predicted octanol–water partition coefficient (Wildman–Crippen LogP) is 2.68. The van der Waals surface area contributed by atoms with E-state index in [0.717, 1.165) is 29.4 Å². The summed E-state index contributed by atoms with van der Waals surface area (Å²) in [7, 11) is 0. The molecule has 1 amide bonds. The first-order chi connectivity index (χ1) is 14.6. The molecule has 0 unspecified atom stereocenters. The van der Waals surface area contributed by atoms with Crippen LogP contribution in [-0.4, -0.2) is 42.1 Å². The first kappa shape index (κ1) is 20.0. The number of piperazine rings is 1. The summed E-state index contributed by atoms with van der Waals surface area (Å²) < 4.78 is 0. The monoisotopic (exact) mass is 423 g/mol. The van der Waals surface area contributed by atoms with Crippen molar-refractivity contribution >= 4 is 29.1 Å². The Kier molecular flexibility index (Phi) is 5.99. The number of aromatic amines is 1. The van der Waals surface area contributed by atoms with Crippen LogP contribution in [0.15, 0.2) is 65.6 Å². The van der Waals surface area contributed by atoms with Crippen LogP contribution in [0.25, 0.3) is 0 Å². The number of halogens is 1. The van der Waals surface area contributed by atoms with Gasteiger partial charge >= 0.3 is 0 Å².